The molecule has 1 aliphatic carbocycles. The van der Waals surface area contributed by atoms with Crippen molar-refractivity contribution < 1.29 is 9.59 Å². The average Bonchev–Trinajstić information content (AvgIpc) is 3.49. The summed E-state index contributed by atoms with van der Waals surface area (Å²) in [7, 11) is 0. The first-order valence-corrected chi connectivity index (χ1v) is 10.1. The number of carbonyl (C=O) groups is 2. The van der Waals surface area contributed by atoms with Crippen LogP contribution in [0.25, 0.3) is 10.8 Å². The minimum atomic E-state index is -0.152. The Hall–Kier alpha value is -2.95. The van der Waals surface area contributed by atoms with Crippen LogP contribution in [0.4, 0.5) is 0 Å². The summed E-state index contributed by atoms with van der Waals surface area (Å²) in [4.78, 5) is 27.7. The van der Waals surface area contributed by atoms with E-state index in [1.165, 1.54) is 12.8 Å². The lowest BCUT2D eigenvalue weighted by atomic mass is 9.89. The number of rotatable bonds is 4. The highest BCUT2D eigenvalue weighted by atomic mass is 16.2. The highest BCUT2D eigenvalue weighted by molar-refractivity contribution is 6.02. The molecule has 0 radical (unpaired) electrons. The third-order valence-corrected chi connectivity index (χ3v) is 5.95. The summed E-state index contributed by atoms with van der Waals surface area (Å²) >= 11 is 0. The molecule has 2 fully saturated rings. The van der Waals surface area contributed by atoms with Crippen molar-refractivity contribution in [1.29, 1.82) is 0 Å². The van der Waals surface area contributed by atoms with Gasteiger partial charge in [0, 0.05) is 36.2 Å². The molecule has 2 aromatic carbocycles. The van der Waals surface area contributed by atoms with Gasteiger partial charge < -0.3 is 4.90 Å². The van der Waals surface area contributed by atoms with E-state index in [9.17, 15) is 9.59 Å². The van der Waals surface area contributed by atoms with Gasteiger partial charge in [-0.15, -0.1) is 0 Å². The second-order valence-corrected chi connectivity index (χ2v) is 8.00. The van der Waals surface area contributed by atoms with Crippen molar-refractivity contribution in [3.05, 3.63) is 65.5 Å². The van der Waals surface area contributed by atoms with Gasteiger partial charge in [-0.05, 0) is 48.6 Å². The van der Waals surface area contributed by atoms with Gasteiger partial charge in [-0.25, -0.2) is 0 Å². The number of aromatic amines is 1. The van der Waals surface area contributed by atoms with E-state index >= 15 is 0 Å². The van der Waals surface area contributed by atoms with Crippen molar-refractivity contribution in [2.75, 3.05) is 13.1 Å². The molecule has 3 aromatic rings. The largest absolute Gasteiger partial charge is 0.337 e. The average molecular weight is 373 g/mol. The Morgan fingerprint density at radius 2 is 1.82 bits per heavy atom. The van der Waals surface area contributed by atoms with Crippen LogP contribution in [-0.4, -0.2) is 39.9 Å². The minimum Gasteiger partial charge on any atom is -0.337 e. The smallest absolute Gasteiger partial charge is 0.274 e. The molecule has 2 aliphatic rings. The van der Waals surface area contributed by atoms with E-state index in [1.807, 2.05) is 48.5 Å². The summed E-state index contributed by atoms with van der Waals surface area (Å²) in [5.41, 5.74) is 2.26. The number of amides is 1. The molecule has 1 amide bonds. The van der Waals surface area contributed by atoms with Crippen LogP contribution in [0.2, 0.25) is 0 Å². The molecule has 5 heteroatoms. The Bertz CT molecular complexity index is 1050. The predicted octanol–water partition coefficient (Wildman–Crippen LogP) is 4.18. The molecule has 1 aliphatic heterocycles. The van der Waals surface area contributed by atoms with Gasteiger partial charge in [-0.1, -0.05) is 36.4 Å². The monoisotopic (exact) mass is 373 g/mol. The summed E-state index contributed by atoms with van der Waals surface area (Å²) in [5.74, 6) is 0.446. The number of nitrogens with zero attached hydrogens (tertiary/aromatic N) is 2. The van der Waals surface area contributed by atoms with Gasteiger partial charge in [0.1, 0.15) is 5.69 Å². The van der Waals surface area contributed by atoms with E-state index in [2.05, 4.69) is 10.2 Å². The number of carbonyl (C=O) groups excluding carboxylic acids is 2. The maximum absolute atomic E-state index is 13.1. The summed E-state index contributed by atoms with van der Waals surface area (Å²) < 4.78 is 0. The fraction of sp³-hybridized carbons (Fsp3) is 0.348. The summed E-state index contributed by atoms with van der Waals surface area (Å²) in [6.45, 7) is 1.15. The van der Waals surface area contributed by atoms with E-state index in [0.29, 0.717) is 24.7 Å². The van der Waals surface area contributed by atoms with Gasteiger partial charge in [0.05, 0.1) is 0 Å². The van der Waals surface area contributed by atoms with E-state index in [0.717, 1.165) is 34.9 Å². The first-order valence-electron chi connectivity index (χ1n) is 10.1. The molecule has 0 unspecified atom stereocenters. The fourth-order valence-corrected chi connectivity index (χ4v) is 4.17. The molecule has 5 rings (SSSR count). The van der Waals surface area contributed by atoms with E-state index in [1.54, 1.807) is 4.90 Å². The molecule has 1 N–H and O–H groups in total. The molecule has 1 saturated carbocycles. The van der Waals surface area contributed by atoms with Gasteiger partial charge in [0.15, 0.2) is 5.78 Å². The quantitative estimate of drug-likeness (QED) is 0.698. The van der Waals surface area contributed by atoms with Crippen molar-refractivity contribution in [3.63, 3.8) is 0 Å². The predicted molar refractivity (Wildman–Crippen MR) is 107 cm³/mol. The lowest BCUT2D eigenvalue weighted by molar-refractivity contribution is 0.0632. The van der Waals surface area contributed by atoms with Crippen LogP contribution in [0.15, 0.2) is 48.5 Å². The molecule has 142 valence electrons. The highest BCUT2D eigenvalue weighted by Crippen LogP contribution is 2.39. The molecular formula is C23H23N3O2. The van der Waals surface area contributed by atoms with E-state index < -0.39 is 0 Å². The summed E-state index contributed by atoms with van der Waals surface area (Å²) in [5, 5.41) is 9.41. The van der Waals surface area contributed by atoms with Crippen LogP contribution in [-0.2, 0) is 0 Å². The molecule has 0 spiro atoms. The zero-order valence-electron chi connectivity index (χ0n) is 15.7. The molecule has 1 saturated heterocycles. The molecule has 0 bridgehead atoms. The number of hydrogen-bond acceptors (Lipinski definition) is 3. The maximum atomic E-state index is 13.1. The van der Waals surface area contributed by atoms with Crippen LogP contribution in [0, 0.1) is 5.92 Å². The van der Waals surface area contributed by atoms with Crippen molar-refractivity contribution >= 4 is 22.5 Å². The Balaban J connectivity index is 1.32. The molecule has 2 heterocycles. The number of aromatic nitrogens is 2. The Labute approximate surface area is 163 Å². The number of fused-ring (bicyclic) bond motifs is 1. The SMILES string of the molecule is O=C(c1ccc2ccccc2c1)[C@H]1CCCN(C(=O)c2cc(C3CC3)[nH]n2)C1. The molecule has 5 nitrogen and oxygen atoms in total. The zero-order chi connectivity index (χ0) is 19.1. The summed E-state index contributed by atoms with van der Waals surface area (Å²) in [6.07, 6.45) is 4.00. The number of H-pyrrole nitrogens is 1. The van der Waals surface area contributed by atoms with Crippen LogP contribution in [0.1, 0.15) is 58.1 Å². The topological polar surface area (TPSA) is 66.1 Å². The number of likely N-dealkylation sites (tertiary alicyclic amines) is 1. The second-order valence-electron chi connectivity index (χ2n) is 8.00. The zero-order valence-corrected chi connectivity index (χ0v) is 15.7. The summed E-state index contributed by atoms with van der Waals surface area (Å²) in [6, 6.07) is 15.8. The number of benzene rings is 2. The van der Waals surface area contributed by atoms with E-state index in [-0.39, 0.29) is 17.6 Å². The molecule has 28 heavy (non-hydrogen) atoms. The second kappa shape index (κ2) is 6.89. The van der Waals surface area contributed by atoms with Crippen molar-refractivity contribution in [2.24, 2.45) is 5.92 Å². The van der Waals surface area contributed by atoms with Crippen LogP contribution in [0.5, 0.6) is 0 Å². The number of Topliss-reactive ketones (excluding diaryl/α,β-unsaturated/α-hetero) is 1. The lowest BCUT2D eigenvalue weighted by Crippen LogP contribution is -2.42. The molecular weight excluding hydrogens is 350 g/mol. The Kier molecular flexibility index (Phi) is 4.23. The van der Waals surface area contributed by atoms with Gasteiger partial charge in [0.25, 0.3) is 5.91 Å². The standard InChI is InChI=1S/C23H23N3O2/c27-22(18-10-7-15-4-1-2-5-17(15)12-18)19-6-3-11-26(14-19)23(28)21-13-20(24-25-21)16-8-9-16/h1-2,4-5,7,10,12-13,16,19H,3,6,8-9,11,14H2,(H,24,25)/t19-/m0/s1. The van der Waals surface area contributed by atoms with Gasteiger partial charge in [-0.3, -0.25) is 14.7 Å². The number of ketones is 1. The van der Waals surface area contributed by atoms with E-state index in [4.69, 9.17) is 0 Å². The lowest BCUT2D eigenvalue weighted by Gasteiger charge is -2.31. The number of nitrogens with one attached hydrogen (secondary N) is 1. The molecule has 1 aromatic heterocycles. The normalized spacial score (nSPS) is 19.7. The van der Waals surface area contributed by atoms with Gasteiger partial charge >= 0.3 is 0 Å². The minimum absolute atomic E-state index is 0.0702. The number of piperidine rings is 1. The Morgan fingerprint density at radius 1 is 1.00 bits per heavy atom. The van der Waals surface area contributed by atoms with Crippen molar-refractivity contribution in [1.82, 2.24) is 15.1 Å². The maximum Gasteiger partial charge on any atom is 0.274 e. The van der Waals surface area contributed by atoms with Gasteiger partial charge in [-0.2, -0.15) is 5.10 Å². The first-order chi connectivity index (χ1) is 13.7. The first kappa shape index (κ1) is 17.2. The third kappa shape index (κ3) is 3.21. The highest BCUT2D eigenvalue weighted by Gasteiger charge is 2.32. The Morgan fingerprint density at radius 3 is 2.64 bits per heavy atom. The van der Waals surface area contributed by atoms with Gasteiger partial charge in [0.2, 0.25) is 0 Å². The van der Waals surface area contributed by atoms with Crippen molar-refractivity contribution in [2.45, 2.75) is 31.6 Å². The van der Waals surface area contributed by atoms with Crippen LogP contribution < -0.4 is 0 Å². The van der Waals surface area contributed by atoms with Crippen molar-refractivity contribution in [3.8, 4) is 0 Å². The fourth-order valence-electron chi connectivity index (χ4n) is 4.17. The third-order valence-electron chi connectivity index (χ3n) is 5.95. The van der Waals surface area contributed by atoms with Crippen LogP contribution in [0.3, 0.4) is 0 Å². The molecule has 1 atom stereocenters. The number of hydrogen-bond donors (Lipinski definition) is 1. The van der Waals surface area contributed by atoms with Crippen LogP contribution >= 0.6 is 0 Å².